The number of carbonyl (C=O) groups is 1. The zero-order valence-electron chi connectivity index (χ0n) is 7.98. The van der Waals surface area contributed by atoms with Gasteiger partial charge < -0.3 is 5.11 Å². The maximum absolute atomic E-state index is 10.8. The van der Waals surface area contributed by atoms with Crippen molar-refractivity contribution in [2.45, 2.75) is 31.6 Å². The Kier molecular flexibility index (Phi) is 2.87. The molecular formula is C11H14O2S. The monoisotopic (exact) mass is 210 g/mol. The van der Waals surface area contributed by atoms with Gasteiger partial charge in [-0.25, -0.2) is 0 Å². The Morgan fingerprint density at radius 3 is 2.86 bits per heavy atom. The first kappa shape index (κ1) is 9.71. The van der Waals surface area contributed by atoms with Crippen LogP contribution in [0.5, 0.6) is 0 Å². The van der Waals surface area contributed by atoms with Gasteiger partial charge in [-0.1, -0.05) is 12.5 Å². The highest BCUT2D eigenvalue weighted by Gasteiger charge is 2.30. The SMILES string of the molecule is O=C(O)CC(c1cccs1)C1CCC1. The van der Waals surface area contributed by atoms with Crippen LogP contribution in [0.4, 0.5) is 0 Å². The lowest BCUT2D eigenvalue weighted by Crippen LogP contribution is -2.22. The highest BCUT2D eigenvalue weighted by atomic mass is 32.1. The van der Waals surface area contributed by atoms with Crippen molar-refractivity contribution in [3.05, 3.63) is 22.4 Å². The summed E-state index contributed by atoms with van der Waals surface area (Å²) < 4.78 is 0. The van der Waals surface area contributed by atoms with Crippen molar-refractivity contribution in [3.63, 3.8) is 0 Å². The molecule has 1 aromatic rings. The smallest absolute Gasteiger partial charge is 0.304 e. The number of carboxylic acid groups (broad SMARTS) is 1. The Hall–Kier alpha value is -0.830. The summed E-state index contributed by atoms with van der Waals surface area (Å²) in [5, 5.41) is 10.9. The van der Waals surface area contributed by atoms with E-state index in [2.05, 4.69) is 6.07 Å². The largest absolute Gasteiger partial charge is 0.481 e. The van der Waals surface area contributed by atoms with Crippen molar-refractivity contribution < 1.29 is 9.90 Å². The predicted octanol–water partition coefficient (Wildman–Crippen LogP) is 3.11. The third kappa shape index (κ3) is 1.98. The quantitative estimate of drug-likeness (QED) is 0.829. The molecule has 0 bridgehead atoms. The van der Waals surface area contributed by atoms with Crippen molar-refractivity contribution in [2.75, 3.05) is 0 Å². The van der Waals surface area contributed by atoms with Crippen molar-refractivity contribution >= 4 is 17.3 Å². The molecule has 1 aliphatic carbocycles. The second-order valence-electron chi connectivity index (χ2n) is 3.91. The second kappa shape index (κ2) is 4.13. The molecule has 0 saturated heterocycles. The zero-order valence-corrected chi connectivity index (χ0v) is 8.80. The van der Waals surface area contributed by atoms with Gasteiger partial charge in [0.05, 0.1) is 6.42 Å². The Labute approximate surface area is 87.6 Å². The first-order valence-electron chi connectivity index (χ1n) is 5.02. The van der Waals surface area contributed by atoms with Gasteiger partial charge in [-0.3, -0.25) is 4.79 Å². The molecule has 0 aromatic carbocycles. The van der Waals surface area contributed by atoms with Crippen LogP contribution < -0.4 is 0 Å². The summed E-state index contributed by atoms with van der Waals surface area (Å²) in [7, 11) is 0. The average Bonchev–Trinajstić information content (AvgIpc) is 2.49. The van der Waals surface area contributed by atoms with Gasteiger partial charge in [0.2, 0.25) is 0 Å². The number of hydrogen-bond acceptors (Lipinski definition) is 2. The van der Waals surface area contributed by atoms with Crippen molar-refractivity contribution in [1.82, 2.24) is 0 Å². The topological polar surface area (TPSA) is 37.3 Å². The maximum atomic E-state index is 10.8. The third-order valence-corrected chi connectivity index (χ3v) is 4.03. The number of rotatable bonds is 4. The summed E-state index contributed by atoms with van der Waals surface area (Å²) in [6.07, 6.45) is 3.98. The molecule has 1 aliphatic rings. The van der Waals surface area contributed by atoms with E-state index in [9.17, 15) is 4.79 Å². The van der Waals surface area contributed by atoms with Gasteiger partial charge >= 0.3 is 5.97 Å². The van der Waals surface area contributed by atoms with Gasteiger partial charge in [-0.2, -0.15) is 0 Å². The Balaban J connectivity index is 2.09. The number of thiophene rings is 1. The predicted molar refractivity (Wildman–Crippen MR) is 56.7 cm³/mol. The lowest BCUT2D eigenvalue weighted by Gasteiger charge is -2.32. The summed E-state index contributed by atoms with van der Waals surface area (Å²) >= 11 is 1.69. The fourth-order valence-corrected chi connectivity index (χ4v) is 2.95. The minimum absolute atomic E-state index is 0.265. The summed E-state index contributed by atoms with van der Waals surface area (Å²) in [5.41, 5.74) is 0. The molecule has 0 aliphatic heterocycles. The van der Waals surface area contributed by atoms with E-state index in [1.54, 1.807) is 11.3 Å². The maximum Gasteiger partial charge on any atom is 0.304 e. The normalized spacial score (nSPS) is 18.9. The molecule has 1 fully saturated rings. The fraction of sp³-hybridized carbons (Fsp3) is 0.545. The lowest BCUT2D eigenvalue weighted by atomic mass is 9.74. The standard InChI is InChI=1S/C11H14O2S/c12-11(13)7-9(8-3-1-4-8)10-5-2-6-14-10/h2,5-6,8-9H,1,3-4,7H2,(H,12,13). The van der Waals surface area contributed by atoms with Crippen LogP contribution in [0.3, 0.4) is 0 Å². The van der Waals surface area contributed by atoms with Gasteiger partial charge in [0.25, 0.3) is 0 Å². The van der Waals surface area contributed by atoms with E-state index in [0.717, 1.165) is 0 Å². The Bertz CT molecular complexity index is 301. The van der Waals surface area contributed by atoms with E-state index in [1.165, 1.54) is 24.1 Å². The van der Waals surface area contributed by atoms with E-state index < -0.39 is 5.97 Å². The molecule has 3 heteroatoms. The summed E-state index contributed by atoms with van der Waals surface area (Å²) in [4.78, 5) is 12.0. The van der Waals surface area contributed by atoms with E-state index in [0.29, 0.717) is 12.3 Å². The average molecular weight is 210 g/mol. The van der Waals surface area contributed by atoms with E-state index >= 15 is 0 Å². The van der Waals surface area contributed by atoms with Gasteiger partial charge in [0, 0.05) is 10.8 Å². The first-order valence-corrected chi connectivity index (χ1v) is 5.90. The fourth-order valence-electron chi connectivity index (χ4n) is 2.03. The molecule has 1 unspecified atom stereocenters. The van der Waals surface area contributed by atoms with Crippen LogP contribution in [0.1, 0.15) is 36.5 Å². The Morgan fingerprint density at radius 2 is 2.43 bits per heavy atom. The number of aliphatic carboxylic acids is 1. The zero-order chi connectivity index (χ0) is 9.97. The van der Waals surface area contributed by atoms with Crippen LogP contribution in [0, 0.1) is 5.92 Å². The molecule has 1 aromatic heterocycles. The van der Waals surface area contributed by atoms with Crippen LogP contribution in [-0.4, -0.2) is 11.1 Å². The molecule has 2 nitrogen and oxygen atoms in total. The third-order valence-electron chi connectivity index (χ3n) is 3.02. The number of hydrogen-bond donors (Lipinski definition) is 1. The molecule has 76 valence electrons. The molecule has 1 atom stereocenters. The second-order valence-corrected chi connectivity index (χ2v) is 4.89. The van der Waals surface area contributed by atoms with E-state index in [-0.39, 0.29) is 5.92 Å². The molecule has 1 N–H and O–H groups in total. The van der Waals surface area contributed by atoms with Crippen LogP contribution in [0.2, 0.25) is 0 Å². The van der Waals surface area contributed by atoms with Gasteiger partial charge in [0.1, 0.15) is 0 Å². The summed E-state index contributed by atoms with van der Waals surface area (Å²) in [6.45, 7) is 0. The van der Waals surface area contributed by atoms with Gasteiger partial charge in [0.15, 0.2) is 0 Å². The van der Waals surface area contributed by atoms with Crippen LogP contribution >= 0.6 is 11.3 Å². The highest BCUT2D eigenvalue weighted by Crippen LogP contribution is 2.42. The van der Waals surface area contributed by atoms with Crippen LogP contribution in [0.25, 0.3) is 0 Å². The van der Waals surface area contributed by atoms with E-state index in [4.69, 9.17) is 5.11 Å². The highest BCUT2D eigenvalue weighted by molar-refractivity contribution is 7.10. The number of carboxylic acids is 1. The molecular weight excluding hydrogens is 196 g/mol. The summed E-state index contributed by atoms with van der Waals surface area (Å²) in [5.74, 6) is 0.210. The van der Waals surface area contributed by atoms with Crippen molar-refractivity contribution in [2.24, 2.45) is 5.92 Å². The van der Waals surface area contributed by atoms with Crippen LogP contribution in [0.15, 0.2) is 17.5 Å². The lowest BCUT2D eigenvalue weighted by molar-refractivity contribution is -0.137. The minimum atomic E-state index is -0.671. The molecule has 0 amide bonds. The van der Waals surface area contributed by atoms with Gasteiger partial charge in [-0.05, 0) is 30.2 Å². The Morgan fingerprint density at radius 1 is 1.64 bits per heavy atom. The molecule has 0 radical (unpaired) electrons. The molecule has 0 spiro atoms. The van der Waals surface area contributed by atoms with Gasteiger partial charge in [-0.15, -0.1) is 11.3 Å². The van der Waals surface area contributed by atoms with Crippen LogP contribution in [-0.2, 0) is 4.79 Å². The summed E-state index contributed by atoms with van der Waals surface area (Å²) in [6, 6.07) is 4.07. The molecule has 1 saturated carbocycles. The first-order chi connectivity index (χ1) is 6.77. The van der Waals surface area contributed by atoms with Crippen molar-refractivity contribution in [1.29, 1.82) is 0 Å². The molecule has 14 heavy (non-hydrogen) atoms. The molecule has 2 rings (SSSR count). The molecule has 1 heterocycles. The minimum Gasteiger partial charge on any atom is -0.481 e. The van der Waals surface area contributed by atoms with E-state index in [1.807, 2.05) is 11.4 Å². The van der Waals surface area contributed by atoms with Crippen molar-refractivity contribution in [3.8, 4) is 0 Å².